The summed E-state index contributed by atoms with van der Waals surface area (Å²) >= 11 is 0. The fourth-order valence-electron chi connectivity index (χ4n) is 3.24. The molecule has 7 heteroatoms. The molecule has 1 aliphatic rings. The van der Waals surface area contributed by atoms with Crippen LogP contribution in [0, 0.1) is 12.3 Å². The second-order valence-corrected chi connectivity index (χ2v) is 7.45. The molecule has 0 aliphatic heterocycles. The molecule has 1 amide bonds. The highest BCUT2D eigenvalue weighted by atomic mass is 16.5. The molecule has 1 aromatic heterocycles. The SMILES string of the molecule is C#Cc1cccc(Nc2ncnc3cc(OCC)c(NC(=O)C=CCNC4CC4)cc23)c1. The summed E-state index contributed by atoms with van der Waals surface area (Å²) in [7, 11) is 0. The molecular formula is C25H25N5O2. The highest BCUT2D eigenvalue weighted by Crippen LogP contribution is 2.33. The Bertz CT molecular complexity index is 1190. The van der Waals surface area contributed by atoms with Gasteiger partial charge in [-0.2, -0.15) is 0 Å². The van der Waals surface area contributed by atoms with Gasteiger partial charge < -0.3 is 20.7 Å². The van der Waals surface area contributed by atoms with E-state index in [4.69, 9.17) is 11.2 Å². The van der Waals surface area contributed by atoms with E-state index in [9.17, 15) is 4.79 Å². The van der Waals surface area contributed by atoms with Gasteiger partial charge in [0.05, 0.1) is 17.8 Å². The van der Waals surface area contributed by atoms with E-state index in [1.54, 1.807) is 6.07 Å². The minimum atomic E-state index is -0.226. The number of amides is 1. The van der Waals surface area contributed by atoms with Crippen LogP contribution in [-0.4, -0.2) is 35.1 Å². The van der Waals surface area contributed by atoms with Gasteiger partial charge in [0.25, 0.3) is 0 Å². The molecule has 162 valence electrons. The summed E-state index contributed by atoms with van der Waals surface area (Å²) in [5.74, 6) is 3.56. The number of nitrogens with zero attached hydrogens (tertiary/aromatic N) is 2. The monoisotopic (exact) mass is 427 g/mol. The molecule has 1 aliphatic carbocycles. The molecule has 3 aromatic rings. The Morgan fingerprint density at radius 3 is 2.94 bits per heavy atom. The van der Waals surface area contributed by atoms with Crippen LogP contribution in [0.2, 0.25) is 0 Å². The van der Waals surface area contributed by atoms with Crippen LogP contribution in [0.1, 0.15) is 25.3 Å². The molecule has 3 N–H and O–H groups in total. The Morgan fingerprint density at radius 1 is 1.28 bits per heavy atom. The number of ether oxygens (including phenoxy) is 1. The van der Waals surface area contributed by atoms with E-state index in [1.807, 2.05) is 43.3 Å². The smallest absolute Gasteiger partial charge is 0.248 e. The third-order valence-electron chi connectivity index (χ3n) is 4.96. The van der Waals surface area contributed by atoms with Gasteiger partial charge in [-0.05, 0) is 44.0 Å². The molecule has 1 fully saturated rings. The van der Waals surface area contributed by atoms with E-state index in [0.29, 0.717) is 42.0 Å². The van der Waals surface area contributed by atoms with E-state index in [0.717, 1.165) is 16.6 Å². The molecule has 0 saturated heterocycles. The predicted molar refractivity (Wildman–Crippen MR) is 127 cm³/mol. The van der Waals surface area contributed by atoms with Crippen molar-refractivity contribution in [2.75, 3.05) is 23.8 Å². The summed E-state index contributed by atoms with van der Waals surface area (Å²) in [4.78, 5) is 21.2. The maximum atomic E-state index is 12.5. The molecule has 0 radical (unpaired) electrons. The van der Waals surface area contributed by atoms with Crippen molar-refractivity contribution in [1.29, 1.82) is 0 Å². The zero-order chi connectivity index (χ0) is 22.3. The minimum Gasteiger partial charge on any atom is -0.492 e. The average Bonchev–Trinajstić information content (AvgIpc) is 3.62. The molecule has 0 unspecified atom stereocenters. The summed E-state index contributed by atoms with van der Waals surface area (Å²) < 4.78 is 5.75. The summed E-state index contributed by atoms with van der Waals surface area (Å²) in [6.45, 7) is 3.03. The molecule has 0 atom stereocenters. The number of nitrogens with one attached hydrogen (secondary N) is 3. The molecule has 0 bridgehead atoms. The minimum absolute atomic E-state index is 0.226. The van der Waals surface area contributed by atoms with Crippen molar-refractivity contribution in [2.45, 2.75) is 25.8 Å². The van der Waals surface area contributed by atoms with Gasteiger partial charge in [-0.25, -0.2) is 9.97 Å². The largest absolute Gasteiger partial charge is 0.492 e. The van der Waals surface area contributed by atoms with Crippen molar-refractivity contribution >= 4 is 34.0 Å². The second-order valence-electron chi connectivity index (χ2n) is 7.45. The highest BCUT2D eigenvalue weighted by molar-refractivity contribution is 6.03. The number of fused-ring (bicyclic) bond motifs is 1. The summed E-state index contributed by atoms with van der Waals surface area (Å²) in [6, 6.07) is 11.7. The lowest BCUT2D eigenvalue weighted by Gasteiger charge is -2.14. The number of carbonyl (C=O) groups is 1. The highest BCUT2D eigenvalue weighted by Gasteiger charge is 2.19. The molecule has 2 aromatic carbocycles. The summed E-state index contributed by atoms with van der Waals surface area (Å²) in [5, 5.41) is 10.3. The average molecular weight is 428 g/mol. The first-order valence-electron chi connectivity index (χ1n) is 10.6. The van der Waals surface area contributed by atoms with Gasteiger partial charge in [-0.1, -0.05) is 18.1 Å². The topological polar surface area (TPSA) is 88.2 Å². The fraction of sp³-hybridized carbons (Fsp3) is 0.240. The Kier molecular flexibility index (Phi) is 6.63. The molecule has 0 spiro atoms. The van der Waals surface area contributed by atoms with Gasteiger partial charge in [0.2, 0.25) is 5.91 Å². The number of benzene rings is 2. The van der Waals surface area contributed by atoms with Crippen LogP contribution in [0.15, 0.2) is 54.9 Å². The fourth-order valence-corrected chi connectivity index (χ4v) is 3.24. The lowest BCUT2D eigenvalue weighted by Crippen LogP contribution is -2.16. The van der Waals surface area contributed by atoms with Crippen LogP contribution >= 0.6 is 0 Å². The normalized spacial score (nSPS) is 13.1. The Labute approximate surface area is 187 Å². The number of aromatic nitrogens is 2. The van der Waals surface area contributed by atoms with E-state index < -0.39 is 0 Å². The lowest BCUT2D eigenvalue weighted by atomic mass is 10.1. The van der Waals surface area contributed by atoms with Gasteiger partial charge in [-0.15, -0.1) is 6.42 Å². The lowest BCUT2D eigenvalue weighted by molar-refractivity contribution is -0.111. The van der Waals surface area contributed by atoms with Gasteiger partial charge >= 0.3 is 0 Å². The molecule has 1 saturated carbocycles. The number of rotatable bonds is 9. The van der Waals surface area contributed by atoms with Crippen LogP contribution in [0.5, 0.6) is 5.75 Å². The Morgan fingerprint density at radius 2 is 2.16 bits per heavy atom. The number of hydrogen-bond donors (Lipinski definition) is 3. The number of terminal acetylenes is 1. The van der Waals surface area contributed by atoms with E-state index in [2.05, 4.69) is 31.8 Å². The van der Waals surface area contributed by atoms with Crippen molar-refractivity contribution in [2.24, 2.45) is 0 Å². The van der Waals surface area contributed by atoms with Crippen molar-refractivity contribution in [3.8, 4) is 18.1 Å². The van der Waals surface area contributed by atoms with Gasteiger partial charge in [-0.3, -0.25) is 4.79 Å². The van der Waals surface area contributed by atoms with Crippen LogP contribution in [-0.2, 0) is 4.79 Å². The molecule has 7 nitrogen and oxygen atoms in total. The quantitative estimate of drug-likeness (QED) is 0.353. The standard InChI is InChI=1S/C25H25N5O2/c1-3-17-7-5-8-19(13-17)29-25-20-14-22(23(32-4-2)15-21(20)27-16-28-25)30-24(31)9-6-12-26-18-10-11-18/h1,5-9,13-16,18,26H,4,10-12H2,2H3,(H,30,31)(H,27,28,29). The van der Waals surface area contributed by atoms with E-state index in [-0.39, 0.29) is 5.91 Å². The first kappa shape index (κ1) is 21.3. The first-order chi connectivity index (χ1) is 15.7. The third kappa shape index (κ3) is 5.42. The second kappa shape index (κ2) is 9.94. The van der Waals surface area contributed by atoms with Gasteiger partial charge in [0.1, 0.15) is 17.9 Å². The van der Waals surface area contributed by atoms with Crippen molar-refractivity contribution < 1.29 is 9.53 Å². The molecular weight excluding hydrogens is 402 g/mol. The number of hydrogen-bond acceptors (Lipinski definition) is 6. The number of anilines is 3. The Hall–Kier alpha value is -3.89. The zero-order valence-electron chi connectivity index (χ0n) is 17.9. The van der Waals surface area contributed by atoms with Gasteiger partial charge in [0.15, 0.2) is 0 Å². The first-order valence-corrected chi connectivity index (χ1v) is 10.6. The maximum Gasteiger partial charge on any atom is 0.248 e. The summed E-state index contributed by atoms with van der Waals surface area (Å²) in [5.41, 5.74) is 2.83. The van der Waals surface area contributed by atoms with E-state index >= 15 is 0 Å². The Balaban J connectivity index is 1.60. The van der Waals surface area contributed by atoms with Crippen molar-refractivity contribution in [3.63, 3.8) is 0 Å². The molecule has 32 heavy (non-hydrogen) atoms. The van der Waals surface area contributed by atoms with Crippen molar-refractivity contribution in [1.82, 2.24) is 15.3 Å². The maximum absolute atomic E-state index is 12.5. The number of carbonyl (C=O) groups excluding carboxylic acids is 1. The third-order valence-corrected chi connectivity index (χ3v) is 4.96. The zero-order valence-corrected chi connectivity index (χ0v) is 17.9. The van der Waals surface area contributed by atoms with Crippen molar-refractivity contribution in [3.05, 3.63) is 60.4 Å². The molecule has 4 rings (SSSR count). The van der Waals surface area contributed by atoms with Crippen LogP contribution < -0.4 is 20.7 Å². The molecule has 1 heterocycles. The van der Waals surface area contributed by atoms with Crippen LogP contribution in [0.3, 0.4) is 0 Å². The summed E-state index contributed by atoms with van der Waals surface area (Å²) in [6.07, 6.45) is 12.8. The van der Waals surface area contributed by atoms with Gasteiger partial charge in [0, 0.05) is 41.4 Å². The van der Waals surface area contributed by atoms with Crippen LogP contribution in [0.25, 0.3) is 10.9 Å². The van der Waals surface area contributed by atoms with E-state index in [1.165, 1.54) is 25.2 Å². The van der Waals surface area contributed by atoms with Crippen LogP contribution in [0.4, 0.5) is 17.2 Å². The predicted octanol–water partition coefficient (Wildman–Crippen LogP) is 4.00.